The van der Waals surface area contributed by atoms with Crippen molar-refractivity contribution in [2.75, 3.05) is 14.7 Å². The molecule has 0 aromatic heterocycles. The minimum atomic E-state index is 0.0479. The molecule has 0 atom stereocenters. The molecule has 8 aromatic carbocycles. The van der Waals surface area contributed by atoms with Gasteiger partial charge in [0.2, 0.25) is 0 Å². The van der Waals surface area contributed by atoms with E-state index in [9.17, 15) is 0 Å². The lowest BCUT2D eigenvalue weighted by atomic mass is 9.33. The van der Waals surface area contributed by atoms with Crippen molar-refractivity contribution in [2.45, 2.75) is 0 Å². The van der Waals surface area contributed by atoms with Crippen LogP contribution in [0.1, 0.15) is 0 Å². The minimum Gasteiger partial charge on any atom is -0.311 e. The quantitative estimate of drug-likeness (QED) is 0.174. The highest BCUT2D eigenvalue weighted by Gasteiger charge is 2.44. The van der Waals surface area contributed by atoms with Gasteiger partial charge in [0, 0.05) is 50.9 Å². The van der Waals surface area contributed by atoms with Crippen molar-refractivity contribution in [3.05, 3.63) is 194 Å². The lowest BCUT2D eigenvalue weighted by Gasteiger charge is -2.45. The SMILES string of the molecule is c1ccc(N(c2ccccc2)c2cc3c4c(c2)N(c2ccccc2)c2c(ccc5ccccc25)B4c2ccccc2N3c2ccccc2)cc1. The number of rotatable bonds is 5. The summed E-state index contributed by atoms with van der Waals surface area (Å²) in [6.45, 7) is 0.0479. The smallest absolute Gasteiger partial charge is 0.252 e. The standard InChI is InChI=1S/C46H32BN3/c1-5-18-34(19-6-1)48(35-20-7-2-8-21-35)38-31-43-45-44(32-38)50(37-24-11-4-12-25-37)46-39-26-14-13-17-33(39)29-30-41(46)47(45)40-27-15-16-28-42(40)49(43)36-22-9-3-10-23-36/h1-32H. The lowest BCUT2D eigenvalue weighted by Crippen LogP contribution is -2.61. The maximum atomic E-state index is 2.52. The molecule has 10 rings (SSSR count). The van der Waals surface area contributed by atoms with Crippen LogP contribution in [0, 0.1) is 0 Å². The molecular formula is C46H32BN3. The Bertz CT molecular complexity index is 2460. The van der Waals surface area contributed by atoms with Gasteiger partial charge in [-0.15, -0.1) is 0 Å². The van der Waals surface area contributed by atoms with Crippen molar-refractivity contribution in [1.29, 1.82) is 0 Å². The zero-order valence-corrected chi connectivity index (χ0v) is 27.4. The van der Waals surface area contributed by atoms with Gasteiger partial charge in [-0.2, -0.15) is 0 Å². The Balaban J connectivity index is 1.36. The largest absolute Gasteiger partial charge is 0.311 e. The van der Waals surface area contributed by atoms with Crippen LogP contribution in [0.5, 0.6) is 0 Å². The molecule has 0 aliphatic carbocycles. The molecule has 8 aromatic rings. The summed E-state index contributed by atoms with van der Waals surface area (Å²) in [7, 11) is 0. The lowest BCUT2D eigenvalue weighted by molar-refractivity contribution is 1.23. The van der Waals surface area contributed by atoms with E-state index in [-0.39, 0.29) is 6.71 Å². The second-order valence-corrected chi connectivity index (χ2v) is 13.0. The molecule has 0 saturated heterocycles. The maximum Gasteiger partial charge on any atom is 0.252 e. The van der Waals surface area contributed by atoms with Gasteiger partial charge >= 0.3 is 0 Å². The normalized spacial score (nSPS) is 12.7. The molecule has 2 aliphatic heterocycles. The van der Waals surface area contributed by atoms with Gasteiger partial charge in [0.05, 0.1) is 5.69 Å². The first-order valence-electron chi connectivity index (χ1n) is 17.2. The van der Waals surface area contributed by atoms with Gasteiger partial charge in [-0.05, 0) is 88.5 Å². The van der Waals surface area contributed by atoms with Crippen molar-refractivity contribution in [3.63, 3.8) is 0 Å². The third-order valence-corrected chi connectivity index (χ3v) is 10.2. The Kier molecular flexibility index (Phi) is 6.60. The number of fused-ring (bicyclic) bond motifs is 6. The van der Waals surface area contributed by atoms with Gasteiger partial charge in [0.25, 0.3) is 6.71 Å². The fraction of sp³-hybridized carbons (Fsp3) is 0. The maximum absolute atomic E-state index is 2.52. The van der Waals surface area contributed by atoms with E-state index in [1.165, 1.54) is 49.9 Å². The summed E-state index contributed by atoms with van der Waals surface area (Å²) in [5, 5.41) is 2.48. The first-order valence-corrected chi connectivity index (χ1v) is 17.2. The summed E-state index contributed by atoms with van der Waals surface area (Å²) in [4.78, 5) is 7.37. The molecule has 0 bridgehead atoms. The molecule has 234 valence electrons. The highest BCUT2D eigenvalue weighted by molar-refractivity contribution is 7.00. The first kappa shape index (κ1) is 28.5. The Hall–Kier alpha value is -6.52. The van der Waals surface area contributed by atoms with Gasteiger partial charge in [-0.1, -0.05) is 127 Å². The van der Waals surface area contributed by atoms with Gasteiger partial charge in [0.15, 0.2) is 0 Å². The molecule has 0 amide bonds. The van der Waals surface area contributed by atoms with E-state index in [0.29, 0.717) is 0 Å². The number of nitrogens with zero attached hydrogens (tertiary/aromatic N) is 3. The average molecular weight is 638 g/mol. The predicted octanol–water partition coefficient (Wildman–Crippen LogP) is 10.4. The van der Waals surface area contributed by atoms with Gasteiger partial charge in [-0.3, -0.25) is 0 Å². The highest BCUT2D eigenvalue weighted by atomic mass is 15.2. The third kappa shape index (κ3) is 4.39. The monoisotopic (exact) mass is 637 g/mol. The van der Waals surface area contributed by atoms with E-state index in [4.69, 9.17) is 0 Å². The molecular weight excluding hydrogens is 605 g/mol. The molecule has 0 spiro atoms. The van der Waals surface area contributed by atoms with Crippen LogP contribution in [0.15, 0.2) is 194 Å². The zero-order valence-electron chi connectivity index (χ0n) is 27.4. The van der Waals surface area contributed by atoms with Crippen LogP contribution in [-0.2, 0) is 0 Å². The average Bonchev–Trinajstić information content (AvgIpc) is 3.19. The Labute approximate surface area is 293 Å². The number of anilines is 9. The van der Waals surface area contributed by atoms with Gasteiger partial charge < -0.3 is 14.7 Å². The fourth-order valence-electron chi connectivity index (χ4n) is 8.12. The third-order valence-electron chi connectivity index (χ3n) is 10.2. The van der Waals surface area contributed by atoms with E-state index >= 15 is 0 Å². The van der Waals surface area contributed by atoms with Crippen LogP contribution in [0.3, 0.4) is 0 Å². The van der Waals surface area contributed by atoms with Crippen LogP contribution < -0.4 is 31.1 Å². The molecule has 0 unspecified atom stereocenters. The summed E-state index contributed by atoms with van der Waals surface area (Å²) >= 11 is 0. The summed E-state index contributed by atoms with van der Waals surface area (Å²) in [6, 6.07) is 70.4. The summed E-state index contributed by atoms with van der Waals surface area (Å²) in [5.74, 6) is 0. The van der Waals surface area contributed by atoms with Gasteiger partial charge in [0.1, 0.15) is 0 Å². The van der Waals surface area contributed by atoms with Crippen molar-refractivity contribution in [2.24, 2.45) is 0 Å². The second kappa shape index (κ2) is 11.6. The molecule has 4 heteroatoms. The predicted molar refractivity (Wildman–Crippen MR) is 213 cm³/mol. The molecule has 0 N–H and O–H groups in total. The number of benzene rings is 8. The Morgan fingerprint density at radius 3 is 1.56 bits per heavy atom. The fourth-order valence-corrected chi connectivity index (χ4v) is 8.12. The molecule has 50 heavy (non-hydrogen) atoms. The van der Waals surface area contributed by atoms with Crippen LogP contribution in [0.4, 0.5) is 51.2 Å². The molecule has 0 radical (unpaired) electrons. The van der Waals surface area contributed by atoms with Gasteiger partial charge in [-0.25, -0.2) is 0 Å². The summed E-state index contributed by atoms with van der Waals surface area (Å²) in [5.41, 5.74) is 14.3. The molecule has 2 heterocycles. The molecule has 3 nitrogen and oxygen atoms in total. The highest BCUT2D eigenvalue weighted by Crippen LogP contribution is 2.48. The van der Waals surface area contributed by atoms with Crippen molar-refractivity contribution in [3.8, 4) is 0 Å². The second-order valence-electron chi connectivity index (χ2n) is 13.0. The minimum absolute atomic E-state index is 0.0479. The van der Waals surface area contributed by atoms with E-state index in [0.717, 1.165) is 28.4 Å². The van der Waals surface area contributed by atoms with Crippen LogP contribution in [0.25, 0.3) is 10.8 Å². The van der Waals surface area contributed by atoms with Crippen molar-refractivity contribution < 1.29 is 0 Å². The molecule has 0 saturated carbocycles. The topological polar surface area (TPSA) is 9.72 Å². The number of hydrogen-bond donors (Lipinski definition) is 0. The van der Waals surface area contributed by atoms with Crippen LogP contribution >= 0.6 is 0 Å². The molecule has 0 fully saturated rings. The Morgan fingerprint density at radius 1 is 0.380 bits per heavy atom. The summed E-state index contributed by atoms with van der Waals surface area (Å²) in [6.07, 6.45) is 0. The van der Waals surface area contributed by atoms with Crippen molar-refractivity contribution in [1.82, 2.24) is 0 Å². The van der Waals surface area contributed by atoms with E-state index < -0.39 is 0 Å². The van der Waals surface area contributed by atoms with Crippen LogP contribution in [0.2, 0.25) is 0 Å². The summed E-state index contributed by atoms with van der Waals surface area (Å²) < 4.78 is 0. The Morgan fingerprint density at radius 2 is 0.900 bits per heavy atom. The van der Waals surface area contributed by atoms with E-state index in [1.807, 2.05) is 0 Å². The van der Waals surface area contributed by atoms with E-state index in [2.05, 4.69) is 209 Å². The number of para-hydroxylation sites is 5. The number of hydrogen-bond acceptors (Lipinski definition) is 3. The van der Waals surface area contributed by atoms with Crippen molar-refractivity contribution >= 4 is 85.1 Å². The van der Waals surface area contributed by atoms with E-state index in [1.54, 1.807) is 0 Å². The molecule has 2 aliphatic rings. The first-order chi connectivity index (χ1) is 24.8. The zero-order chi connectivity index (χ0) is 33.0. The van der Waals surface area contributed by atoms with Crippen LogP contribution in [-0.4, -0.2) is 6.71 Å².